The molecular weight excluding hydrogens is 260 g/mol. The van der Waals surface area contributed by atoms with Crippen LogP contribution >= 0.6 is 0 Å². The van der Waals surface area contributed by atoms with Gasteiger partial charge in [-0.05, 0) is 19.3 Å². The van der Waals surface area contributed by atoms with Crippen LogP contribution in [-0.4, -0.2) is 50.4 Å². The molecule has 1 aliphatic rings. The Hall–Kier alpha value is -0.650. The highest BCUT2D eigenvalue weighted by Gasteiger charge is 2.12. The van der Waals surface area contributed by atoms with Crippen molar-refractivity contribution in [3.05, 3.63) is 0 Å². The number of aliphatic hydroxyl groups is 1. The molecule has 0 spiro atoms. The molecule has 1 heterocycles. The van der Waals surface area contributed by atoms with Gasteiger partial charge in [-0.2, -0.15) is 8.42 Å². The normalized spacial score (nSPS) is 19.2. The van der Waals surface area contributed by atoms with E-state index in [0.717, 1.165) is 19.4 Å². The molecule has 1 aliphatic heterocycles. The van der Waals surface area contributed by atoms with Gasteiger partial charge in [-0.1, -0.05) is 11.8 Å². The number of hydrogen-bond acceptors (Lipinski definition) is 5. The Bertz CT molecular complexity index is 339. The standard InChI is InChI=1S/C10H16O3.CH4O3S/c11-7-3-1-4-8-12-10-6-2-5-9-13-10;1-5(2,3)4/h10-11H,2,4-9H2;1H3,(H,2,3,4). The highest BCUT2D eigenvalue weighted by atomic mass is 32.2. The Morgan fingerprint density at radius 1 is 1.39 bits per heavy atom. The molecule has 1 saturated heterocycles. The van der Waals surface area contributed by atoms with Gasteiger partial charge < -0.3 is 14.6 Å². The zero-order chi connectivity index (χ0) is 13.9. The minimum atomic E-state index is -3.67. The largest absolute Gasteiger partial charge is 0.384 e. The first-order chi connectivity index (χ1) is 8.43. The van der Waals surface area contributed by atoms with Crippen molar-refractivity contribution in [3.63, 3.8) is 0 Å². The molecule has 7 heteroatoms. The minimum Gasteiger partial charge on any atom is -0.384 e. The number of ether oxygens (including phenoxy) is 2. The molecule has 0 aliphatic carbocycles. The number of rotatable bonds is 3. The Kier molecular flexibility index (Phi) is 9.92. The second-order valence-corrected chi connectivity index (χ2v) is 5.13. The summed E-state index contributed by atoms with van der Waals surface area (Å²) in [5.74, 6) is 5.36. The quantitative estimate of drug-likeness (QED) is 0.442. The van der Waals surface area contributed by atoms with Gasteiger partial charge in [0.05, 0.1) is 12.9 Å². The van der Waals surface area contributed by atoms with Crippen LogP contribution in [0.2, 0.25) is 0 Å². The van der Waals surface area contributed by atoms with Crippen LogP contribution in [0.15, 0.2) is 0 Å². The zero-order valence-corrected chi connectivity index (χ0v) is 11.3. The minimum absolute atomic E-state index is 0.0234. The van der Waals surface area contributed by atoms with Crippen molar-refractivity contribution in [2.75, 3.05) is 26.1 Å². The molecule has 2 N–H and O–H groups in total. The lowest BCUT2D eigenvalue weighted by Gasteiger charge is -2.22. The molecular formula is C11H20O6S. The number of aliphatic hydroxyl groups excluding tert-OH is 1. The molecule has 0 bridgehead atoms. The van der Waals surface area contributed by atoms with Crippen molar-refractivity contribution in [1.29, 1.82) is 0 Å². The van der Waals surface area contributed by atoms with Crippen LogP contribution in [0, 0.1) is 11.8 Å². The third-order valence-corrected chi connectivity index (χ3v) is 1.87. The summed E-state index contributed by atoms with van der Waals surface area (Å²) in [5.41, 5.74) is 0. The average Bonchev–Trinajstić information content (AvgIpc) is 2.28. The second kappa shape index (κ2) is 10.3. The third kappa shape index (κ3) is 15.4. The molecule has 0 aromatic carbocycles. The molecule has 0 amide bonds. The van der Waals surface area contributed by atoms with E-state index >= 15 is 0 Å². The third-order valence-electron chi connectivity index (χ3n) is 1.87. The van der Waals surface area contributed by atoms with Crippen LogP contribution in [0.4, 0.5) is 0 Å². The summed E-state index contributed by atoms with van der Waals surface area (Å²) in [6.45, 7) is 1.34. The lowest BCUT2D eigenvalue weighted by atomic mass is 10.2. The fourth-order valence-corrected chi connectivity index (χ4v) is 1.23. The van der Waals surface area contributed by atoms with Gasteiger partial charge in [-0.25, -0.2) is 0 Å². The van der Waals surface area contributed by atoms with Gasteiger partial charge in [0.25, 0.3) is 10.1 Å². The Balaban J connectivity index is 0.000000494. The molecule has 18 heavy (non-hydrogen) atoms. The topological polar surface area (TPSA) is 93.1 Å². The molecule has 0 aromatic heterocycles. The van der Waals surface area contributed by atoms with Crippen LogP contribution in [0.1, 0.15) is 25.7 Å². The van der Waals surface area contributed by atoms with E-state index in [-0.39, 0.29) is 12.9 Å². The SMILES string of the molecule is CS(=O)(=O)O.OCC#CCCOC1CCCCO1. The van der Waals surface area contributed by atoms with Gasteiger partial charge in [0.15, 0.2) is 6.29 Å². The first kappa shape index (κ1) is 17.4. The number of hydrogen-bond donors (Lipinski definition) is 2. The summed E-state index contributed by atoms with van der Waals surface area (Å²) in [6, 6.07) is 0. The average molecular weight is 280 g/mol. The van der Waals surface area contributed by atoms with E-state index in [9.17, 15) is 8.42 Å². The summed E-state index contributed by atoms with van der Waals surface area (Å²) in [4.78, 5) is 0. The summed E-state index contributed by atoms with van der Waals surface area (Å²) >= 11 is 0. The van der Waals surface area contributed by atoms with Crippen molar-refractivity contribution >= 4 is 10.1 Å². The van der Waals surface area contributed by atoms with Gasteiger partial charge in [0, 0.05) is 13.0 Å². The van der Waals surface area contributed by atoms with Crippen molar-refractivity contribution in [2.45, 2.75) is 32.0 Å². The predicted octanol–water partition coefficient (Wildman–Crippen LogP) is 0.419. The van der Waals surface area contributed by atoms with Crippen LogP contribution in [0.25, 0.3) is 0 Å². The highest BCUT2D eigenvalue weighted by Crippen LogP contribution is 2.13. The maximum absolute atomic E-state index is 9.19. The van der Waals surface area contributed by atoms with Crippen molar-refractivity contribution in [1.82, 2.24) is 0 Å². The molecule has 1 rings (SSSR count). The van der Waals surface area contributed by atoms with Crippen molar-refractivity contribution in [2.24, 2.45) is 0 Å². The van der Waals surface area contributed by atoms with E-state index in [1.54, 1.807) is 0 Å². The molecule has 1 unspecified atom stereocenters. The maximum Gasteiger partial charge on any atom is 0.261 e. The van der Waals surface area contributed by atoms with Crippen molar-refractivity contribution < 1.29 is 27.6 Å². The molecule has 0 radical (unpaired) electrons. The summed E-state index contributed by atoms with van der Waals surface area (Å²) < 4.78 is 36.7. The van der Waals surface area contributed by atoms with Gasteiger partial charge >= 0.3 is 0 Å². The van der Waals surface area contributed by atoms with Gasteiger partial charge in [0.1, 0.15) is 6.61 Å². The first-order valence-electron chi connectivity index (χ1n) is 5.65. The fourth-order valence-electron chi connectivity index (χ4n) is 1.23. The van der Waals surface area contributed by atoms with Gasteiger partial charge in [-0.15, -0.1) is 0 Å². The Morgan fingerprint density at radius 3 is 2.56 bits per heavy atom. The molecule has 1 fully saturated rings. The zero-order valence-electron chi connectivity index (χ0n) is 10.5. The summed E-state index contributed by atoms with van der Waals surface area (Å²) in [5, 5.41) is 8.38. The van der Waals surface area contributed by atoms with E-state index in [4.69, 9.17) is 19.1 Å². The van der Waals surface area contributed by atoms with Crippen LogP contribution in [0.5, 0.6) is 0 Å². The summed E-state index contributed by atoms with van der Waals surface area (Å²) in [7, 11) is -3.67. The predicted molar refractivity (Wildman–Crippen MR) is 66.5 cm³/mol. The first-order valence-corrected chi connectivity index (χ1v) is 7.50. The molecule has 0 aromatic rings. The molecule has 1 atom stereocenters. The second-order valence-electron chi connectivity index (χ2n) is 3.66. The van der Waals surface area contributed by atoms with Crippen LogP contribution in [0.3, 0.4) is 0 Å². The molecule has 6 nitrogen and oxygen atoms in total. The van der Waals surface area contributed by atoms with E-state index in [2.05, 4.69) is 11.8 Å². The highest BCUT2D eigenvalue weighted by molar-refractivity contribution is 7.85. The fraction of sp³-hybridized carbons (Fsp3) is 0.818. The van der Waals surface area contributed by atoms with Crippen molar-refractivity contribution in [3.8, 4) is 11.8 Å². The molecule has 106 valence electrons. The van der Waals surface area contributed by atoms with E-state index in [0.29, 0.717) is 19.3 Å². The monoisotopic (exact) mass is 280 g/mol. The van der Waals surface area contributed by atoms with E-state index < -0.39 is 10.1 Å². The molecule has 0 saturated carbocycles. The van der Waals surface area contributed by atoms with Crippen LogP contribution < -0.4 is 0 Å². The van der Waals surface area contributed by atoms with E-state index in [1.165, 1.54) is 6.42 Å². The Labute approximate surface area is 108 Å². The Morgan fingerprint density at radius 2 is 2.06 bits per heavy atom. The lowest BCUT2D eigenvalue weighted by molar-refractivity contribution is -0.161. The lowest BCUT2D eigenvalue weighted by Crippen LogP contribution is -2.22. The summed E-state index contributed by atoms with van der Waals surface area (Å²) in [6.07, 6.45) is 4.68. The smallest absolute Gasteiger partial charge is 0.261 e. The van der Waals surface area contributed by atoms with Gasteiger partial charge in [-0.3, -0.25) is 4.55 Å². The van der Waals surface area contributed by atoms with Crippen LogP contribution in [-0.2, 0) is 19.6 Å². The van der Waals surface area contributed by atoms with Gasteiger partial charge in [0.2, 0.25) is 0 Å². The van der Waals surface area contributed by atoms with E-state index in [1.807, 2.05) is 0 Å². The maximum atomic E-state index is 9.19.